The highest BCUT2D eigenvalue weighted by molar-refractivity contribution is 9.10. The zero-order valence-electron chi connectivity index (χ0n) is 16.4. The minimum atomic E-state index is -0.105. The maximum Gasteiger partial charge on any atom is 0.274 e. The SMILES string of the molecule is CCCCn1c(C(=O)Nc2nc(-c3ccc(Br)cc3)cs2)c(C)c2ccccc21. The molecule has 0 aliphatic heterocycles. The summed E-state index contributed by atoms with van der Waals surface area (Å²) in [6, 6.07) is 16.2. The van der Waals surface area contributed by atoms with Crippen LogP contribution in [0.15, 0.2) is 58.4 Å². The van der Waals surface area contributed by atoms with Crippen LogP contribution in [-0.2, 0) is 6.54 Å². The van der Waals surface area contributed by atoms with Gasteiger partial charge in [0.05, 0.1) is 5.69 Å². The van der Waals surface area contributed by atoms with E-state index in [0.29, 0.717) is 5.13 Å². The van der Waals surface area contributed by atoms with Crippen molar-refractivity contribution in [1.29, 1.82) is 0 Å². The van der Waals surface area contributed by atoms with Gasteiger partial charge in [0.25, 0.3) is 5.91 Å². The number of carbonyl (C=O) groups excluding carboxylic acids is 1. The lowest BCUT2D eigenvalue weighted by Gasteiger charge is -2.10. The second-order valence-corrected chi connectivity index (χ2v) is 8.77. The van der Waals surface area contributed by atoms with Gasteiger partial charge < -0.3 is 4.57 Å². The normalized spacial score (nSPS) is 11.1. The lowest BCUT2D eigenvalue weighted by Crippen LogP contribution is -2.18. The number of carbonyl (C=O) groups is 1. The molecule has 0 saturated heterocycles. The van der Waals surface area contributed by atoms with Gasteiger partial charge in [-0.2, -0.15) is 0 Å². The van der Waals surface area contributed by atoms with E-state index in [1.807, 2.05) is 48.7 Å². The smallest absolute Gasteiger partial charge is 0.274 e. The minimum Gasteiger partial charge on any atom is -0.336 e. The number of thiazole rings is 1. The predicted molar refractivity (Wildman–Crippen MR) is 125 cm³/mol. The minimum absolute atomic E-state index is 0.105. The number of nitrogens with one attached hydrogen (secondary N) is 1. The molecule has 4 nitrogen and oxygen atoms in total. The zero-order chi connectivity index (χ0) is 20.4. The number of hydrogen-bond acceptors (Lipinski definition) is 3. The van der Waals surface area contributed by atoms with Crippen molar-refractivity contribution in [3.63, 3.8) is 0 Å². The van der Waals surface area contributed by atoms with Crippen LogP contribution < -0.4 is 5.32 Å². The summed E-state index contributed by atoms with van der Waals surface area (Å²) >= 11 is 4.89. The number of halogens is 1. The first-order chi connectivity index (χ1) is 14.1. The average molecular weight is 468 g/mol. The van der Waals surface area contributed by atoms with Crippen LogP contribution in [0.25, 0.3) is 22.2 Å². The van der Waals surface area contributed by atoms with E-state index >= 15 is 0 Å². The summed E-state index contributed by atoms with van der Waals surface area (Å²) in [5.74, 6) is -0.105. The number of anilines is 1. The van der Waals surface area contributed by atoms with Crippen LogP contribution in [0.4, 0.5) is 5.13 Å². The number of aryl methyl sites for hydroxylation is 2. The summed E-state index contributed by atoms with van der Waals surface area (Å²) in [5, 5.41) is 6.73. The first-order valence-corrected chi connectivity index (χ1v) is 11.4. The molecule has 4 aromatic rings. The Morgan fingerprint density at radius 2 is 1.93 bits per heavy atom. The van der Waals surface area contributed by atoms with Gasteiger partial charge in [-0.05, 0) is 37.1 Å². The van der Waals surface area contributed by atoms with Gasteiger partial charge in [-0.15, -0.1) is 11.3 Å². The summed E-state index contributed by atoms with van der Waals surface area (Å²) in [7, 11) is 0. The van der Waals surface area contributed by atoms with E-state index in [2.05, 4.69) is 49.9 Å². The molecule has 0 aliphatic carbocycles. The highest BCUT2D eigenvalue weighted by Gasteiger charge is 2.21. The number of aromatic nitrogens is 2. The van der Waals surface area contributed by atoms with Crippen LogP contribution in [0.5, 0.6) is 0 Å². The molecule has 1 N–H and O–H groups in total. The number of fused-ring (bicyclic) bond motifs is 1. The van der Waals surface area contributed by atoms with E-state index in [4.69, 9.17) is 0 Å². The largest absolute Gasteiger partial charge is 0.336 e. The van der Waals surface area contributed by atoms with Gasteiger partial charge >= 0.3 is 0 Å². The van der Waals surface area contributed by atoms with E-state index < -0.39 is 0 Å². The number of benzene rings is 2. The average Bonchev–Trinajstić information content (AvgIpc) is 3.30. The maximum atomic E-state index is 13.2. The van der Waals surface area contributed by atoms with Gasteiger partial charge in [-0.3, -0.25) is 10.1 Å². The number of unbranched alkanes of at least 4 members (excludes halogenated alkanes) is 1. The molecular weight excluding hydrogens is 446 g/mol. The Morgan fingerprint density at radius 1 is 1.17 bits per heavy atom. The van der Waals surface area contributed by atoms with Crippen molar-refractivity contribution in [3.05, 3.63) is 69.6 Å². The molecule has 2 aromatic carbocycles. The van der Waals surface area contributed by atoms with Crippen molar-refractivity contribution in [2.45, 2.75) is 33.2 Å². The molecule has 2 aromatic heterocycles. The molecule has 0 atom stereocenters. The van der Waals surface area contributed by atoms with Gasteiger partial charge in [0.15, 0.2) is 5.13 Å². The molecule has 0 radical (unpaired) electrons. The van der Waals surface area contributed by atoms with Gasteiger partial charge in [-0.25, -0.2) is 4.98 Å². The topological polar surface area (TPSA) is 46.9 Å². The first-order valence-electron chi connectivity index (χ1n) is 9.69. The van der Waals surface area contributed by atoms with Crippen LogP contribution in [0.2, 0.25) is 0 Å². The van der Waals surface area contributed by atoms with Crippen LogP contribution >= 0.6 is 27.3 Å². The first kappa shape index (κ1) is 19.9. The lowest BCUT2D eigenvalue weighted by molar-refractivity contribution is 0.101. The van der Waals surface area contributed by atoms with E-state index in [9.17, 15) is 4.79 Å². The number of nitrogens with zero attached hydrogens (tertiary/aromatic N) is 2. The molecule has 4 rings (SSSR count). The molecule has 29 heavy (non-hydrogen) atoms. The number of para-hydroxylation sites is 1. The third kappa shape index (κ3) is 4.00. The van der Waals surface area contributed by atoms with Crippen LogP contribution in [0, 0.1) is 6.92 Å². The molecule has 0 saturated carbocycles. The highest BCUT2D eigenvalue weighted by atomic mass is 79.9. The maximum absolute atomic E-state index is 13.2. The Balaban J connectivity index is 1.64. The van der Waals surface area contributed by atoms with Crippen molar-refractivity contribution in [2.75, 3.05) is 5.32 Å². The standard InChI is InChI=1S/C23H22BrN3OS/c1-3-4-13-27-20-8-6-5-7-18(20)15(2)21(27)22(28)26-23-25-19(14-29-23)16-9-11-17(24)12-10-16/h5-12,14H,3-4,13H2,1-2H3,(H,25,26,28). The van der Waals surface area contributed by atoms with Gasteiger partial charge in [-0.1, -0.05) is 59.6 Å². The Kier molecular flexibility index (Phi) is 5.83. The summed E-state index contributed by atoms with van der Waals surface area (Å²) < 4.78 is 3.17. The monoisotopic (exact) mass is 467 g/mol. The number of rotatable bonds is 6. The molecule has 0 unspecified atom stereocenters. The van der Waals surface area contributed by atoms with Crippen molar-refractivity contribution in [1.82, 2.24) is 9.55 Å². The van der Waals surface area contributed by atoms with Crippen molar-refractivity contribution in [3.8, 4) is 11.3 Å². The number of hydrogen-bond donors (Lipinski definition) is 1. The van der Waals surface area contributed by atoms with Crippen LogP contribution in [0.3, 0.4) is 0 Å². The van der Waals surface area contributed by atoms with Gasteiger partial charge in [0.1, 0.15) is 5.69 Å². The molecule has 0 bridgehead atoms. The molecule has 0 fully saturated rings. The summed E-state index contributed by atoms with van der Waals surface area (Å²) in [6.07, 6.45) is 2.11. The van der Waals surface area contributed by atoms with Gasteiger partial charge in [0, 0.05) is 32.9 Å². The quantitative estimate of drug-likeness (QED) is 0.335. The van der Waals surface area contributed by atoms with Crippen molar-refractivity contribution in [2.24, 2.45) is 0 Å². The summed E-state index contributed by atoms with van der Waals surface area (Å²) in [5.41, 5.74) is 4.73. The summed E-state index contributed by atoms with van der Waals surface area (Å²) in [6.45, 7) is 5.02. The fourth-order valence-corrected chi connectivity index (χ4v) is 4.54. The molecule has 148 valence electrons. The Hall–Kier alpha value is -2.44. The molecule has 0 spiro atoms. The molecular formula is C23H22BrN3OS. The predicted octanol–water partition coefficient (Wildman–Crippen LogP) is 6.89. The van der Waals surface area contributed by atoms with Gasteiger partial charge in [0.2, 0.25) is 0 Å². The summed E-state index contributed by atoms with van der Waals surface area (Å²) in [4.78, 5) is 17.8. The lowest BCUT2D eigenvalue weighted by atomic mass is 10.1. The highest BCUT2D eigenvalue weighted by Crippen LogP contribution is 2.29. The zero-order valence-corrected chi connectivity index (χ0v) is 18.8. The fraction of sp³-hybridized carbons (Fsp3) is 0.217. The van der Waals surface area contributed by atoms with E-state index in [-0.39, 0.29) is 5.91 Å². The fourth-order valence-electron chi connectivity index (χ4n) is 3.56. The third-order valence-electron chi connectivity index (χ3n) is 5.04. The Morgan fingerprint density at radius 3 is 2.69 bits per heavy atom. The molecule has 2 heterocycles. The van der Waals surface area contributed by atoms with E-state index in [0.717, 1.165) is 57.3 Å². The number of amides is 1. The Bertz CT molecular complexity index is 1160. The molecule has 1 amide bonds. The Labute approximate surface area is 182 Å². The van der Waals surface area contributed by atoms with Crippen molar-refractivity contribution >= 4 is 49.2 Å². The van der Waals surface area contributed by atoms with Crippen LogP contribution in [0.1, 0.15) is 35.8 Å². The third-order valence-corrected chi connectivity index (χ3v) is 6.33. The van der Waals surface area contributed by atoms with E-state index in [1.54, 1.807) is 0 Å². The molecule has 0 aliphatic rings. The second-order valence-electron chi connectivity index (χ2n) is 6.99. The van der Waals surface area contributed by atoms with Crippen molar-refractivity contribution < 1.29 is 4.79 Å². The van der Waals surface area contributed by atoms with Crippen LogP contribution in [-0.4, -0.2) is 15.5 Å². The molecule has 6 heteroatoms. The van der Waals surface area contributed by atoms with E-state index in [1.165, 1.54) is 11.3 Å². The second kappa shape index (κ2) is 8.51.